The standard InChI is InChI=1S/C27H18BN5/c28-23-12-9-19(10-13-23)24-14-11-22(17-30-24)27-32-25(20-6-2-1-3-7-20)31-26(33-27)21-8-4-5-18(15-21)16-29/h1-15,17H,28H2. The van der Waals surface area contributed by atoms with Gasteiger partial charge in [0.1, 0.15) is 7.85 Å². The van der Waals surface area contributed by atoms with Crippen LogP contribution in [-0.2, 0) is 0 Å². The summed E-state index contributed by atoms with van der Waals surface area (Å²) in [6, 6.07) is 31.5. The van der Waals surface area contributed by atoms with Gasteiger partial charge in [-0.1, -0.05) is 72.2 Å². The topological polar surface area (TPSA) is 75.3 Å². The van der Waals surface area contributed by atoms with Crippen LogP contribution in [0.1, 0.15) is 5.56 Å². The van der Waals surface area contributed by atoms with E-state index in [1.165, 1.54) is 5.46 Å². The van der Waals surface area contributed by atoms with Crippen molar-refractivity contribution in [2.75, 3.05) is 0 Å². The maximum Gasteiger partial charge on any atom is 0.165 e. The first-order valence-electron chi connectivity index (χ1n) is 10.5. The van der Waals surface area contributed by atoms with Crippen molar-refractivity contribution in [2.45, 2.75) is 0 Å². The van der Waals surface area contributed by atoms with Gasteiger partial charge in [0.15, 0.2) is 17.5 Å². The molecule has 0 aliphatic rings. The van der Waals surface area contributed by atoms with Crippen LogP contribution >= 0.6 is 0 Å². The van der Waals surface area contributed by atoms with Crippen LogP contribution in [-0.4, -0.2) is 27.8 Å². The Bertz CT molecular complexity index is 1460. The van der Waals surface area contributed by atoms with Gasteiger partial charge in [-0.3, -0.25) is 4.98 Å². The van der Waals surface area contributed by atoms with Gasteiger partial charge in [0.25, 0.3) is 0 Å². The van der Waals surface area contributed by atoms with E-state index in [-0.39, 0.29) is 0 Å². The van der Waals surface area contributed by atoms with Crippen molar-refractivity contribution in [3.8, 4) is 51.5 Å². The van der Waals surface area contributed by atoms with Crippen molar-refractivity contribution in [3.63, 3.8) is 0 Å². The van der Waals surface area contributed by atoms with E-state index < -0.39 is 0 Å². The van der Waals surface area contributed by atoms with Crippen molar-refractivity contribution in [1.29, 1.82) is 5.26 Å². The van der Waals surface area contributed by atoms with Gasteiger partial charge in [-0.25, -0.2) is 15.0 Å². The third kappa shape index (κ3) is 4.39. The first kappa shape index (κ1) is 20.3. The quantitative estimate of drug-likeness (QED) is 0.408. The fraction of sp³-hybridized carbons (Fsp3) is 0. The lowest BCUT2D eigenvalue weighted by Gasteiger charge is -2.09. The van der Waals surface area contributed by atoms with Crippen molar-refractivity contribution in [1.82, 2.24) is 19.9 Å². The summed E-state index contributed by atoms with van der Waals surface area (Å²) in [5.74, 6) is 1.61. The van der Waals surface area contributed by atoms with Crippen LogP contribution in [0, 0.1) is 11.3 Å². The minimum Gasteiger partial charge on any atom is -0.255 e. The van der Waals surface area contributed by atoms with Gasteiger partial charge in [-0.05, 0) is 24.3 Å². The molecule has 0 unspecified atom stereocenters. The van der Waals surface area contributed by atoms with Gasteiger partial charge in [0.2, 0.25) is 0 Å². The third-order valence-electron chi connectivity index (χ3n) is 5.29. The van der Waals surface area contributed by atoms with Crippen molar-refractivity contribution < 1.29 is 0 Å². The molecule has 0 bridgehead atoms. The van der Waals surface area contributed by atoms with E-state index in [0.717, 1.165) is 27.9 Å². The molecule has 5 rings (SSSR count). The van der Waals surface area contributed by atoms with Gasteiger partial charge in [0, 0.05) is 28.5 Å². The Labute approximate surface area is 192 Å². The van der Waals surface area contributed by atoms with Crippen LogP contribution < -0.4 is 5.46 Å². The number of nitriles is 1. The summed E-state index contributed by atoms with van der Waals surface area (Å²) < 4.78 is 0. The van der Waals surface area contributed by atoms with Crippen LogP contribution in [0.5, 0.6) is 0 Å². The molecule has 0 aliphatic heterocycles. The van der Waals surface area contributed by atoms with Crippen LogP contribution in [0.3, 0.4) is 0 Å². The summed E-state index contributed by atoms with van der Waals surface area (Å²) in [4.78, 5) is 18.8. The van der Waals surface area contributed by atoms with E-state index >= 15 is 0 Å². The predicted octanol–water partition coefficient (Wildman–Crippen LogP) is 4.06. The summed E-state index contributed by atoms with van der Waals surface area (Å²) in [7, 11) is 2.06. The Balaban J connectivity index is 1.60. The lowest BCUT2D eigenvalue weighted by atomic mass is 9.95. The zero-order valence-electron chi connectivity index (χ0n) is 18.0. The zero-order valence-corrected chi connectivity index (χ0v) is 18.0. The van der Waals surface area contributed by atoms with Crippen molar-refractivity contribution in [3.05, 3.63) is 103 Å². The Morgan fingerprint density at radius 3 is 1.91 bits per heavy atom. The van der Waals surface area contributed by atoms with Crippen LogP contribution in [0.2, 0.25) is 0 Å². The largest absolute Gasteiger partial charge is 0.255 e. The molecule has 0 amide bonds. The molecule has 0 saturated heterocycles. The number of nitrogens with zero attached hydrogens (tertiary/aromatic N) is 5. The zero-order chi connectivity index (χ0) is 22.6. The molecule has 0 N–H and O–H groups in total. The van der Waals surface area contributed by atoms with E-state index in [2.05, 4.69) is 43.2 Å². The Kier molecular flexibility index (Phi) is 5.44. The van der Waals surface area contributed by atoms with E-state index in [9.17, 15) is 5.26 Å². The monoisotopic (exact) mass is 423 g/mol. The smallest absolute Gasteiger partial charge is 0.165 e. The third-order valence-corrected chi connectivity index (χ3v) is 5.29. The number of hydrogen-bond acceptors (Lipinski definition) is 5. The van der Waals surface area contributed by atoms with Crippen molar-refractivity contribution in [2.24, 2.45) is 0 Å². The highest BCUT2D eigenvalue weighted by Crippen LogP contribution is 2.26. The molecule has 0 spiro atoms. The highest BCUT2D eigenvalue weighted by atomic mass is 15.0. The molecule has 5 aromatic rings. The van der Waals surface area contributed by atoms with Gasteiger partial charge in [0.05, 0.1) is 17.3 Å². The second kappa shape index (κ2) is 8.85. The predicted molar refractivity (Wildman–Crippen MR) is 132 cm³/mol. The van der Waals surface area contributed by atoms with Gasteiger partial charge >= 0.3 is 0 Å². The number of aromatic nitrogens is 4. The van der Waals surface area contributed by atoms with E-state index in [4.69, 9.17) is 15.0 Å². The second-order valence-electron chi connectivity index (χ2n) is 7.66. The fourth-order valence-electron chi connectivity index (χ4n) is 3.50. The maximum atomic E-state index is 9.30. The molecular formula is C27H18BN5. The number of hydrogen-bond donors (Lipinski definition) is 0. The molecule has 2 aromatic heterocycles. The Morgan fingerprint density at radius 1 is 0.606 bits per heavy atom. The summed E-state index contributed by atoms with van der Waals surface area (Å²) >= 11 is 0. The van der Waals surface area contributed by atoms with E-state index in [1.807, 2.05) is 54.6 Å². The minimum atomic E-state index is 0.513. The average molecular weight is 423 g/mol. The van der Waals surface area contributed by atoms with Crippen LogP contribution in [0.15, 0.2) is 97.2 Å². The van der Waals surface area contributed by atoms with Gasteiger partial charge in [-0.2, -0.15) is 5.26 Å². The second-order valence-corrected chi connectivity index (χ2v) is 7.66. The molecule has 3 aromatic carbocycles. The average Bonchev–Trinajstić information content (AvgIpc) is 2.89. The maximum absolute atomic E-state index is 9.30. The van der Waals surface area contributed by atoms with E-state index in [1.54, 1.807) is 18.3 Å². The van der Waals surface area contributed by atoms with Gasteiger partial charge in [-0.15, -0.1) is 0 Å². The number of pyridine rings is 1. The SMILES string of the molecule is Bc1ccc(-c2ccc(-c3nc(-c4ccccc4)nc(-c4cccc(C#N)c4)n3)cn2)cc1. The Morgan fingerprint density at radius 2 is 1.24 bits per heavy atom. The first-order chi connectivity index (χ1) is 16.2. The number of rotatable bonds is 4. The minimum absolute atomic E-state index is 0.513. The molecule has 0 aliphatic carbocycles. The lowest BCUT2D eigenvalue weighted by molar-refractivity contribution is 1.07. The summed E-state index contributed by atoms with van der Waals surface area (Å²) in [5.41, 5.74) is 6.16. The molecule has 5 nitrogen and oxygen atoms in total. The highest BCUT2D eigenvalue weighted by molar-refractivity contribution is 6.32. The molecule has 0 saturated carbocycles. The molecule has 33 heavy (non-hydrogen) atoms. The molecule has 0 atom stereocenters. The molecule has 0 radical (unpaired) electrons. The molecule has 2 heterocycles. The number of benzene rings is 3. The Hall–Kier alpha value is -4.63. The summed E-state index contributed by atoms with van der Waals surface area (Å²) in [5, 5.41) is 9.30. The molecule has 0 fully saturated rings. The normalized spacial score (nSPS) is 10.5. The first-order valence-corrected chi connectivity index (χ1v) is 10.5. The molecular weight excluding hydrogens is 405 g/mol. The van der Waals surface area contributed by atoms with E-state index in [0.29, 0.717) is 23.0 Å². The lowest BCUT2D eigenvalue weighted by Crippen LogP contribution is -2.01. The summed E-state index contributed by atoms with van der Waals surface area (Å²) in [6.07, 6.45) is 1.79. The van der Waals surface area contributed by atoms with Crippen LogP contribution in [0.25, 0.3) is 45.4 Å². The fourth-order valence-corrected chi connectivity index (χ4v) is 3.50. The van der Waals surface area contributed by atoms with Crippen LogP contribution in [0.4, 0.5) is 0 Å². The van der Waals surface area contributed by atoms with Gasteiger partial charge < -0.3 is 0 Å². The molecule has 6 heteroatoms. The highest BCUT2D eigenvalue weighted by Gasteiger charge is 2.13. The van der Waals surface area contributed by atoms with Crippen molar-refractivity contribution >= 4 is 13.3 Å². The molecule has 154 valence electrons. The summed E-state index contributed by atoms with van der Waals surface area (Å²) in [6.45, 7) is 0.